The third-order valence-electron chi connectivity index (χ3n) is 3.66. The van der Waals surface area contributed by atoms with E-state index in [0.717, 1.165) is 17.8 Å². The van der Waals surface area contributed by atoms with Crippen molar-refractivity contribution >= 4 is 0 Å². The molecule has 0 bridgehead atoms. The van der Waals surface area contributed by atoms with Gasteiger partial charge < -0.3 is 0 Å². The average molecular weight is 208 g/mol. The van der Waals surface area contributed by atoms with Gasteiger partial charge in [-0.05, 0) is 28.6 Å². The Morgan fingerprint density at radius 3 is 1.73 bits per heavy atom. The van der Waals surface area contributed by atoms with Crippen LogP contribution in [-0.2, 0) is 0 Å². The summed E-state index contributed by atoms with van der Waals surface area (Å²) < 4.78 is 0. The third-order valence-corrected chi connectivity index (χ3v) is 3.66. The molecule has 0 aromatic heterocycles. The van der Waals surface area contributed by atoms with Crippen molar-refractivity contribution in [3.8, 4) is 0 Å². The summed E-state index contributed by atoms with van der Waals surface area (Å²) in [7, 11) is 0. The quantitative estimate of drug-likeness (QED) is 0.537. The Bertz CT molecular complexity index is 255. The standard InChI is InChI=1S/C15H28/c1-10(2)11-9-12(14(3,4)5)13(11)15(6,7)8/h9-11,13H,1-8H3. The lowest BCUT2D eigenvalue weighted by Gasteiger charge is -2.51. The molecule has 0 fully saturated rings. The molecule has 88 valence electrons. The number of hydrogen-bond acceptors (Lipinski definition) is 0. The van der Waals surface area contributed by atoms with Crippen molar-refractivity contribution in [1.82, 2.24) is 0 Å². The van der Waals surface area contributed by atoms with Gasteiger partial charge in [-0.1, -0.05) is 67.0 Å². The Balaban J connectivity index is 2.97. The zero-order chi connectivity index (χ0) is 12.0. The van der Waals surface area contributed by atoms with E-state index in [1.165, 1.54) is 0 Å². The van der Waals surface area contributed by atoms with Crippen LogP contribution < -0.4 is 0 Å². The third kappa shape index (κ3) is 2.46. The van der Waals surface area contributed by atoms with Gasteiger partial charge in [-0.2, -0.15) is 0 Å². The zero-order valence-electron chi connectivity index (χ0n) is 11.8. The normalized spacial score (nSPS) is 27.7. The second-order valence-electron chi connectivity index (χ2n) is 7.54. The number of rotatable bonds is 1. The Morgan fingerprint density at radius 2 is 1.47 bits per heavy atom. The molecule has 0 aromatic rings. The molecule has 0 aliphatic heterocycles. The first-order chi connectivity index (χ1) is 6.55. The summed E-state index contributed by atoms with van der Waals surface area (Å²) in [5.74, 6) is 2.34. The van der Waals surface area contributed by atoms with Crippen LogP contribution in [0.25, 0.3) is 0 Å². The first kappa shape index (κ1) is 12.8. The van der Waals surface area contributed by atoms with Crippen LogP contribution >= 0.6 is 0 Å². The van der Waals surface area contributed by atoms with Gasteiger partial charge in [0.15, 0.2) is 0 Å². The van der Waals surface area contributed by atoms with Crippen LogP contribution in [0.1, 0.15) is 55.4 Å². The van der Waals surface area contributed by atoms with Crippen LogP contribution in [0, 0.1) is 28.6 Å². The van der Waals surface area contributed by atoms with Crippen molar-refractivity contribution in [2.24, 2.45) is 28.6 Å². The monoisotopic (exact) mass is 208 g/mol. The van der Waals surface area contributed by atoms with Gasteiger partial charge in [-0.15, -0.1) is 0 Å². The summed E-state index contributed by atoms with van der Waals surface area (Å²) in [6.45, 7) is 18.9. The van der Waals surface area contributed by atoms with E-state index >= 15 is 0 Å². The first-order valence-corrected chi connectivity index (χ1v) is 6.27. The van der Waals surface area contributed by atoms with Crippen molar-refractivity contribution in [2.45, 2.75) is 55.4 Å². The van der Waals surface area contributed by atoms with E-state index in [1.54, 1.807) is 5.57 Å². The second kappa shape index (κ2) is 3.64. The molecular weight excluding hydrogens is 180 g/mol. The minimum absolute atomic E-state index is 0.351. The Kier molecular flexibility index (Phi) is 3.11. The number of allylic oxidation sites excluding steroid dienone is 2. The van der Waals surface area contributed by atoms with E-state index in [0.29, 0.717) is 10.8 Å². The van der Waals surface area contributed by atoms with Crippen molar-refractivity contribution in [3.05, 3.63) is 11.6 Å². The molecule has 0 aromatic carbocycles. The highest BCUT2D eigenvalue weighted by Crippen LogP contribution is 2.54. The van der Waals surface area contributed by atoms with Gasteiger partial charge in [-0.3, -0.25) is 0 Å². The Hall–Kier alpha value is -0.260. The van der Waals surface area contributed by atoms with Crippen LogP contribution in [0.15, 0.2) is 11.6 Å². The first-order valence-electron chi connectivity index (χ1n) is 6.27. The minimum Gasteiger partial charge on any atom is -0.0805 e. The van der Waals surface area contributed by atoms with Gasteiger partial charge in [0, 0.05) is 0 Å². The van der Waals surface area contributed by atoms with E-state index < -0.39 is 0 Å². The van der Waals surface area contributed by atoms with Crippen LogP contribution in [-0.4, -0.2) is 0 Å². The fourth-order valence-corrected chi connectivity index (χ4v) is 2.83. The summed E-state index contributed by atoms with van der Waals surface area (Å²) in [6, 6.07) is 0. The predicted molar refractivity (Wildman–Crippen MR) is 68.8 cm³/mol. The van der Waals surface area contributed by atoms with Crippen molar-refractivity contribution in [2.75, 3.05) is 0 Å². The maximum atomic E-state index is 2.53. The van der Waals surface area contributed by atoms with Crippen molar-refractivity contribution < 1.29 is 0 Å². The molecule has 2 atom stereocenters. The molecule has 1 aliphatic carbocycles. The zero-order valence-corrected chi connectivity index (χ0v) is 11.8. The number of hydrogen-bond donors (Lipinski definition) is 0. The van der Waals surface area contributed by atoms with Gasteiger partial charge in [0.1, 0.15) is 0 Å². The average Bonchev–Trinajstić information content (AvgIpc) is 1.72. The highest BCUT2D eigenvalue weighted by atomic mass is 14.5. The summed E-state index contributed by atoms with van der Waals surface area (Å²) in [5, 5.41) is 0. The molecule has 1 aliphatic rings. The lowest BCUT2D eigenvalue weighted by molar-refractivity contribution is 0.128. The molecule has 0 heterocycles. The molecule has 0 saturated carbocycles. The lowest BCUT2D eigenvalue weighted by Crippen LogP contribution is -2.42. The molecule has 0 heteroatoms. The van der Waals surface area contributed by atoms with E-state index in [4.69, 9.17) is 0 Å². The minimum atomic E-state index is 0.351. The Morgan fingerprint density at radius 1 is 1.00 bits per heavy atom. The molecule has 1 rings (SSSR count). The van der Waals surface area contributed by atoms with Crippen LogP contribution in [0.3, 0.4) is 0 Å². The van der Waals surface area contributed by atoms with Crippen LogP contribution in [0.2, 0.25) is 0 Å². The predicted octanol–water partition coefficient (Wildman–Crippen LogP) is 4.91. The summed E-state index contributed by atoms with van der Waals surface area (Å²) in [6.07, 6.45) is 2.53. The smallest absolute Gasteiger partial charge is 0.00837 e. The highest BCUT2D eigenvalue weighted by molar-refractivity contribution is 5.30. The molecule has 2 unspecified atom stereocenters. The second-order valence-corrected chi connectivity index (χ2v) is 7.54. The van der Waals surface area contributed by atoms with E-state index in [9.17, 15) is 0 Å². The molecule has 0 N–H and O–H groups in total. The lowest BCUT2D eigenvalue weighted by atomic mass is 9.54. The molecule has 15 heavy (non-hydrogen) atoms. The van der Waals surface area contributed by atoms with Gasteiger partial charge in [-0.25, -0.2) is 0 Å². The summed E-state index contributed by atoms with van der Waals surface area (Å²) >= 11 is 0. The topological polar surface area (TPSA) is 0 Å². The van der Waals surface area contributed by atoms with Crippen molar-refractivity contribution in [1.29, 1.82) is 0 Å². The van der Waals surface area contributed by atoms with Crippen LogP contribution in [0.5, 0.6) is 0 Å². The maximum Gasteiger partial charge on any atom is -0.00837 e. The van der Waals surface area contributed by atoms with Gasteiger partial charge in [0.2, 0.25) is 0 Å². The fraction of sp³-hybridized carbons (Fsp3) is 0.867. The van der Waals surface area contributed by atoms with Crippen LogP contribution in [0.4, 0.5) is 0 Å². The summed E-state index contributed by atoms with van der Waals surface area (Å²) in [5.41, 5.74) is 2.43. The molecule has 0 spiro atoms. The van der Waals surface area contributed by atoms with Crippen molar-refractivity contribution in [3.63, 3.8) is 0 Å². The van der Waals surface area contributed by atoms with E-state index in [1.807, 2.05) is 0 Å². The SMILES string of the molecule is CC(C)C1C=C(C(C)(C)C)C1C(C)(C)C. The van der Waals surface area contributed by atoms with E-state index in [2.05, 4.69) is 61.5 Å². The molecule has 0 nitrogen and oxygen atoms in total. The largest absolute Gasteiger partial charge is 0.0805 e. The fourth-order valence-electron chi connectivity index (χ4n) is 2.83. The molecule has 0 radical (unpaired) electrons. The van der Waals surface area contributed by atoms with E-state index in [-0.39, 0.29) is 0 Å². The molecule has 0 amide bonds. The summed E-state index contributed by atoms with van der Waals surface area (Å²) in [4.78, 5) is 0. The maximum absolute atomic E-state index is 2.53. The molecular formula is C15H28. The van der Waals surface area contributed by atoms with Gasteiger partial charge >= 0.3 is 0 Å². The van der Waals surface area contributed by atoms with Gasteiger partial charge in [0.25, 0.3) is 0 Å². The molecule has 0 saturated heterocycles. The van der Waals surface area contributed by atoms with Gasteiger partial charge in [0.05, 0.1) is 0 Å². The Labute approximate surface area is 96.2 Å². The highest BCUT2D eigenvalue weighted by Gasteiger charge is 2.45.